The molecule has 0 aromatic rings. The number of carboxylic acids is 1. The second-order valence-corrected chi connectivity index (χ2v) is 4.32. The zero-order valence-corrected chi connectivity index (χ0v) is 8.48. The average molecular weight is 209 g/mol. The minimum atomic E-state index is -1.08. The molecule has 82 valence electrons. The summed E-state index contributed by atoms with van der Waals surface area (Å²) in [6.07, 6.45) is 6.90. The van der Waals surface area contributed by atoms with E-state index in [2.05, 4.69) is 5.32 Å². The standard InChI is InChI=1S/C11H15NO3/c13-9(5-6-10(14)15)12-11-7-3-1-2-4-8(7)11/h5-8,11H,1-4H2,(H,12,13)(H,14,15)/b6-5+. The average Bonchev–Trinajstić information content (AvgIpc) is 2.89. The molecule has 0 aromatic heterocycles. The lowest BCUT2D eigenvalue weighted by Gasteiger charge is -2.04. The molecule has 0 bridgehead atoms. The van der Waals surface area contributed by atoms with Gasteiger partial charge in [-0.2, -0.15) is 0 Å². The summed E-state index contributed by atoms with van der Waals surface area (Å²) in [4.78, 5) is 21.5. The van der Waals surface area contributed by atoms with Gasteiger partial charge in [-0.15, -0.1) is 0 Å². The Bertz CT molecular complexity index is 299. The first-order chi connectivity index (χ1) is 7.18. The monoisotopic (exact) mass is 209 g/mol. The molecule has 2 rings (SSSR count). The van der Waals surface area contributed by atoms with Crippen molar-refractivity contribution in [3.8, 4) is 0 Å². The predicted octanol–water partition coefficient (Wildman–Crippen LogP) is 0.932. The molecule has 2 aliphatic rings. The summed E-state index contributed by atoms with van der Waals surface area (Å²) in [5, 5.41) is 11.2. The summed E-state index contributed by atoms with van der Waals surface area (Å²) in [5.74, 6) is -0.0583. The molecule has 2 N–H and O–H groups in total. The molecule has 2 saturated carbocycles. The summed E-state index contributed by atoms with van der Waals surface area (Å²) in [5.41, 5.74) is 0. The number of hydrogen-bond acceptors (Lipinski definition) is 2. The third-order valence-corrected chi connectivity index (χ3v) is 3.34. The Morgan fingerprint density at radius 2 is 1.73 bits per heavy atom. The number of carboxylic acid groups (broad SMARTS) is 1. The van der Waals surface area contributed by atoms with Gasteiger partial charge in [0.1, 0.15) is 0 Å². The van der Waals surface area contributed by atoms with E-state index in [0.717, 1.165) is 12.2 Å². The van der Waals surface area contributed by atoms with Gasteiger partial charge in [0.2, 0.25) is 5.91 Å². The first-order valence-corrected chi connectivity index (χ1v) is 5.40. The quantitative estimate of drug-likeness (QED) is 0.679. The van der Waals surface area contributed by atoms with E-state index in [1.807, 2.05) is 0 Å². The molecule has 2 aliphatic carbocycles. The topological polar surface area (TPSA) is 66.4 Å². The van der Waals surface area contributed by atoms with Crippen molar-refractivity contribution >= 4 is 11.9 Å². The fourth-order valence-electron chi connectivity index (χ4n) is 2.57. The molecule has 1 amide bonds. The van der Waals surface area contributed by atoms with Gasteiger partial charge >= 0.3 is 5.97 Å². The molecule has 0 heterocycles. The first-order valence-electron chi connectivity index (χ1n) is 5.40. The van der Waals surface area contributed by atoms with Gasteiger partial charge in [0, 0.05) is 18.2 Å². The van der Waals surface area contributed by atoms with Gasteiger partial charge in [0.05, 0.1) is 0 Å². The van der Waals surface area contributed by atoms with Gasteiger partial charge in [0.25, 0.3) is 0 Å². The van der Waals surface area contributed by atoms with E-state index in [0.29, 0.717) is 17.9 Å². The van der Waals surface area contributed by atoms with Crippen molar-refractivity contribution in [3.63, 3.8) is 0 Å². The SMILES string of the molecule is O=C(O)/C=C/C(=O)NC1C2CCCCC21. The normalized spacial score (nSPS) is 33.5. The van der Waals surface area contributed by atoms with Crippen molar-refractivity contribution in [2.24, 2.45) is 11.8 Å². The second kappa shape index (κ2) is 4.04. The third-order valence-electron chi connectivity index (χ3n) is 3.34. The maximum Gasteiger partial charge on any atom is 0.328 e. The maximum absolute atomic E-state index is 11.3. The number of carbonyl (C=O) groups excluding carboxylic acids is 1. The predicted molar refractivity (Wildman–Crippen MR) is 54.2 cm³/mol. The molecular weight excluding hydrogens is 194 g/mol. The van der Waals surface area contributed by atoms with E-state index in [1.165, 1.54) is 25.7 Å². The van der Waals surface area contributed by atoms with Crippen molar-refractivity contribution in [3.05, 3.63) is 12.2 Å². The molecule has 2 atom stereocenters. The zero-order valence-electron chi connectivity index (χ0n) is 8.48. The molecular formula is C11H15NO3. The fourth-order valence-corrected chi connectivity index (χ4v) is 2.57. The number of aliphatic carboxylic acids is 1. The van der Waals surface area contributed by atoms with Gasteiger partial charge in [0.15, 0.2) is 0 Å². The molecule has 0 saturated heterocycles. The molecule has 0 aliphatic heterocycles. The maximum atomic E-state index is 11.3. The number of fused-ring (bicyclic) bond motifs is 1. The summed E-state index contributed by atoms with van der Waals surface area (Å²) in [6.45, 7) is 0. The van der Waals surface area contributed by atoms with Gasteiger partial charge in [-0.3, -0.25) is 4.79 Å². The van der Waals surface area contributed by atoms with Crippen LogP contribution < -0.4 is 5.32 Å². The highest BCUT2D eigenvalue weighted by atomic mass is 16.4. The van der Waals surface area contributed by atoms with E-state index in [9.17, 15) is 9.59 Å². The van der Waals surface area contributed by atoms with Crippen molar-refractivity contribution in [2.75, 3.05) is 0 Å². The number of rotatable bonds is 3. The molecule has 4 nitrogen and oxygen atoms in total. The molecule has 15 heavy (non-hydrogen) atoms. The Labute approximate surface area is 88.4 Å². The number of carbonyl (C=O) groups is 2. The minimum absolute atomic E-state index is 0.281. The first kappa shape index (κ1) is 10.2. The molecule has 0 spiro atoms. The highest BCUT2D eigenvalue weighted by molar-refractivity contribution is 5.94. The van der Waals surface area contributed by atoms with Crippen LogP contribution in [0.15, 0.2) is 12.2 Å². The lowest BCUT2D eigenvalue weighted by Crippen LogP contribution is -2.25. The van der Waals surface area contributed by atoms with Crippen LogP contribution in [0.5, 0.6) is 0 Å². The van der Waals surface area contributed by atoms with Crippen LogP contribution in [0.2, 0.25) is 0 Å². The lowest BCUT2D eigenvalue weighted by atomic mass is 10.0. The number of nitrogens with one attached hydrogen (secondary N) is 1. The largest absolute Gasteiger partial charge is 0.478 e. The van der Waals surface area contributed by atoms with Gasteiger partial charge < -0.3 is 10.4 Å². The highest BCUT2D eigenvalue weighted by Gasteiger charge is 2.51. The van der Waals surface area contributed by atoms with Gasteiger partial charge in [-0.05, 0) is 24.7 Å². The lowest BCUT2D eigenvalue weighted by molar-refractivity contribution is -0.131. The van der Waals surface area contributed by atoms with E-state index >= 15 is 0 Å². The smallest absolute Gasteiger partial charge is 0.328 e. The molecule has 2 fully saturated rings. The molecule has 2 unspecified atom stereocenters. The van der Waals surface area contributed by atoms with Crippen LogP contribution in [0, 0.1) is 11.8 Å². The molecule has 0 aromatic carbocycles. The highest BCUT2D eigenvalue weighted by Crippen LogP contribution is 2.49. The second-order valence-electron chi connectivity index (χ2n) is 4.32. The van der Waals surface area contributed by atoms with Crippen molar-refractivity contribution in [1.29, 1.82) is 0 Å². The van der Waals surface area contributed by atoms with E-state index < -0.39 is 5.97 Å². The van der Waals surface area contributed by atoms with Gasteiger partial charge in [-0.25, -0.2) is 4.79 Å². The van der Waals surface area contributed by atoms with Crippen molar-refractivity contribution in [1.82, 2.24) is 5.32 Å². The minimum Gasteiger partial charge on any atom is -0.478 e. The number of hydrogen-bond donors (Lipinski definition) is 2. The van der Waals surface area contributed by atoms with Crippen LogP contribution in [0.25, 0.3) is 0 Å². The van der Waals surface area contributed by atoms with Crippen LogP contribution >= 0.6 is 0 Å². The summed E-state index contributed by atoms with van der Waals surface area (Å²) in [7, 11) is 0. The third kappa shape index (κ3) is 2.37. The Hall–Kier alpha value is -1.32. The Balaban J connectivity index is 1.78. The summed E-state index contributed by atoms with van der Waals surface area (Å²) >= 11 is 0. The fraction of sp³-hybridized carbons (Fsp3) is 0.636. The van der Waals surface area contributed by atoms with E-state index in [1.54, 1.807) is 0 Å². The van der Waals surface area contributed by atoms with Crippen LogP contribution in [0.4, 0.5) is 0 Å². The van der Waals surface area contributed by atoms with Crippen LogP contribution in [0.3, 0.4) is 0 Å². The van der Waals surface area contributed by atoms with Crippen LogP contribution in [-0.4, -0.2) is 23.0 Å². The van der Waals surface area contributed by atoms with E-state index in [4.69, 9.17) is 5.11 Å². The summed E-state index contributed by atoms with van der Waals surface area (Å²) < 4.78 is 0. The van der Waals surface area contributed by atoms with E-state index in [-0.39, 0.29) is 5.91 Å². The van der Waals surface area contributed by atoms with Crippen LogP contribution in [0.1, 0.15) is 25.7 Å². The molecule has 0 radical (unpaired) electrons. The Morgan fingerprint density at radius 3 is 2.27 bits per heavy atom. The van der Waals surface area contributed by atoms with Crippen LogP contribution in [-0.2, 0) is 9.59 Å². The zero-order chi connectivity index (χ0) is 10.8. The Morgan fingerprint density at radius 1 is 1.13 bits per heavy atom. The van der Waals surface area contributed by atoms with Crippen molar-refractivity contribution in [2.45, 2.75) is 31.7 Å². The summed E-state index contributed by atoms with van der Waals surface area (Å²) in [6, 6.07) is 0.304. The number of amides is 1. The Kier molecular flexibility index (Phi) is 2.75. The van der Waals surface area contributed by atoms with Gasteiger partial charge in [-0.1, -0.05) is 12.8 Å². The molecule has 4 heteroatoms. The van der Waals surface area contributed by atoms with Crippen molar-refractivity contribution < 1.29 is 14.7 Å².